The maximum absolute atomic E-state index is 12.4. The number of halogens is 1. The van der Waals surface area contributed by atoms with Gasteiger partial charge in [0.15, 0.2) is 0 Å². The second-order valence-corrected chi connectivity index (χ2v) is 5.77. The van der Waals surface area contributed by atoms with Gasteiger partial charge >= 0.3 is 0 Å². The van der Waals surface area contributed by atoms with Crippen molar-refractivity contribution >= 4 is 27.5 Å². The van der Waals surface area contributed by atoms with E-state index in [-0.39, 0.29) is 5.91 Å². The summed E-state index contributed by atoms with van der Waals surface area (Å²) in [6, 6.07) is 12.8. The minimum atomic E-state index is -0.159. The van der Waals surface area contributed by atoms with Crippen molar-refractivity contribution in [2.75, 3.05) is 18.5 Å². The first kappa shape index (κ1) is 17.5. The van der Waals surface area contributed by atoms with Crippen LogP contribution in [-0.2, 0) is 11.3 Å². The molecule has 0 aliphatic heterocycles. The molecule has 2 aromatic carbocycles. The zero-order valence-corrected chi connectivity index (χ0v) is 14.9. The second kappa shape index (κ2) is 8.70. The number of ether oxygens (including phenoxy) is 2. The van der Waals surface area contributed by atoms with Gasteiger partial charge in [0.05, 0.1) is 13.2 Å². The van der Waals surface area contributed by atoms with Gasteiger partial charge in [-0.2, -0.15) is 0 Å². The number of nitrogens with one attached hydrogen (secondary N) is 1. The molecule has 0 spiro atoms. The molecule has 4 nitrogen and oxygen atoms in total. The number of carbonyl (C=O) groups is 1. The molecule has 23 heavy (non-hydrogen) atoms. The van der Waals surface area contributed by atoms with Crippen LogP contribution in [-0.4, -0.2) is 19.1 Å². The summed E-state index contributed by atoms with van der Waals surface area (Å²) in [6.45, 7) is 5.47. The summed E-state index contributed by atoms with van der Waals surface area (Å²) in [5.41, 5.74) is 2.20. The van der Waals surface area contributed by atoms with Crippen LogP contribution in [0.4, 0.5) is 5.69 Å². The minimum Gasteiger partial charge on any atom is -0.494 e. The predicted molar refractivity (Wildman–Crippen MR) is 95.0 cm³/mol. The van der Waals surface area contributed by atoms with Crippen molar-refractivity contribution in [1.29, 1.82) is 0 Å². The topological polar surface area (TPSA) is 47.6 Å². The molecule has 0 unspecified atom stereocenters. The fourth-order valence-electron chi connectivity index (χ4n) is 2.08. The Bertz CT molecular complexity index is 656. The molecule has 0 radical (unpaired) electrons. The fourth-order valence-corrected chi connectivity index (χ4v) is 2.34. The number of carbonyl (C=O) groups excluding carboxylic acids is 1. The molecule has 0 saturated carbocycles. The third kappa shape index (κ3) is 5.08. The second-order valence-electron chi connectivity index (χ2n) is 4.85. The summed E-state index contributed by atoms with van der Waals surface area (Å²) in [5, 5.41) is 2.88. The van der Waals surface area contributed by atoms with E-state index in [4.69, 9.17) is 9.47 Å². The number of anilines is 1. The van der Waals surface area contributed by atoms with E-state index < -0.39 is 0 Å². The lowest BCUT2D eigenvalue weighted by Crippen LogP contribution is -2.12. The lowest BCUT2D eigenvalue weighted by atomic mass is 10.1. The van der Waals surface area contributed by atoms with Crippen molar-refractivity contribution in [3.63, 3.8) is 0 Å². The number of amides is 1. The highest BCUT2D eigenvalue weighted by Crippen LogP contribution is 2.22. The van der Waals surface area contributed by atoms with Crippen LogP contribution < -0.4 is 10.1 Å². The first-order valence-corrected chi connectivity index (χ1v) is 8.33. The molecule has 122 valence electrons. The SMILES string of the molecule is CCOCc1cc(C(=O)Nc2ccc(Br)cc2)ccc1OCC. The van der Waals surface area contributed by atoms with Crippen LogP contribution in [0.15, 0.2) is 46.9 Å². The number of rotatable bonds is 7. The van der Waals surface area contributed by atoms with Crippen LogP contribution in [0, 0.1) is 0 Å². The van der Waals surface area contributed by atoms with Gasteiger partial charge in [0.25, 0.3) is 5.91 Å². The van der Waals surface area contributed by atoms with Gasteiger partial charge in [0.1, 0.15) is 5.75 Å². The molecule has 1 amide bonds. The van der Waals surface area contributed by atoms with Gasteiger partial charge in [-0.1, -0.05) is 15.9 Å². The maximum Gasteiger partial charge on any atom is 0.255 e. The number of hydrogen-bond donors (Lipinski definition) is 1. The lowest BCUT2D eigenvalue weighted by Gasteiger charge is -2.12. The van der Waals surface area contributed by atoms with Crippen molar-refractivity contribution in [2.45, 2.75) is 20.5 Å². The molecule has 2 aromatic rings. The van der Waals surface area contributed by atoms with Gasteiger partial charge in [-0.15, -0.1) is 0 Å². The highest BCUT2D eigenvalue weighted by Gasteiger charge is 2.11. The molecule has 0 atom stereocenters. The van der Waals surface area contributed by atoms with Gasteiger partial charge in [0.2, 0.25) is 0 Å². The number of hydrogen-bond acceptors (Lipinski definition) is 3. The van der Waals surface area contributed by atoms with Crippen LogP contribution in [0.2, 0.25) is 0 Å². The summed E-state index contributed by atoms with van der Waals surface area (Å²) in [4.78, 5) is 12.4. The lowest BCUT2D eigenvalue weighted by molar-refractivity contribution is 0.102. The Hall–Kier alpha value is -1.85. The van der Waals surface area contributed by atoms with E-state index in [2.05, 4.69) is 21.2 Å². The summed E-state index contributed by atoms with van der Waals surface area (Å²) in [7, 11) is 0. The Morgan fingerprint density at radius 3 is 2.48 bits per heavy atom. The molecule has 0 aliphatic carbocycles. The molecule has 0 aromatic heterocycles. The van der Waals surface area contributed by atoms with Gasteiger partial charge in [-0.3, -0.25) is 4.79 Å². The van der Waals surface area contributed by atoms with Gasteiger partial charge in [-0.25, -0.2) is 0 Å². The van der Waals surface area contributed by atoms with Crippen molar-refractivity contribution in [2.24, 2.45) is 0 Å². The summed E-state index contributed by atoms with van der Waals surface area (Å²) < 4.78 is 12.0. The van der Waals surface area contributed by atoms with Gasteiger partial charge < -0.3 is 14.8 Å². The molecule has 0 aliphatic rings. The van der Waals surface area contributed by atoms with Crippen LogP contribution in [0.5, 0.6) is 5.75 Å². The smallest absolute Gasteiger partial charge is 0.255 e. The molecular formula is C18H20BrNO3. The standard InChI is InChI=1S/C18H20BrNO3/c1-3-22-12-14-11-13(5-10-17(14)23-4-2)18(21)20-16-8-6-15(19)7-9-16/h5-11H,3-4,12H2,1-2H3,(H,20,21). The highest BCUT2D eigenvalue weighted by atomic mass is 79.9. The summed E-state index contributed by atoms with van der Waals surface area (Å²) in [5.74, 6) is 0.592. The van der Waals surface area contributed by atoms with Crippen molar-refractivity contribution in [3.05, 3.63) is 58.1 Å². The van der Waals surface area contributed by atoms with Crippen LogP contribution >= 0.6 is 15.9 Å². The molecule has 0 bridgehead atoms. The van der Waals surface area contributed by atoms with E-state index in [0.717, 1.165) is 21.5 Å². The van der Waals surface area contributed by atoms with E-state index in [1.807, 2.05) is 50.2 Å². The average molecular weight is 378 g/mol. The maximum atomic E-state index is 12.4. The summed E-state index contributed by atoms with van der Waals surface area (Å²) in [6.07, 6.45) is 0. The van der Waals surface area contributed by atoms with E-state index in [1.54, 1.807) is 6.07 Å². The van der Waals surface area contributed by atoms with E-state index in [9.17, 15) is 4.79 Å². The molecule has 5 heteroatoms. The van der Waals surface area contributed by atoms with Gasteiger partial charge in [0, 0.05) is 27.9 Å². The zero-order valence-electron chi connectivity index (χ0n) is 13.3. The Balaban J connectivity index is 2.17. The summed E-state index contributed by atoms with van der Waals surface area (Å²) >= 11 is 3.37. The molecule has 0 saturated heterocycles. The van der Waals surface area contributed by atoms with E-state index in [0.29, 0.717) is 25.4 Å². The zero-order chi connectivity index (χ0) is 16.7. The fraction of sp³-hybridized carbons (Fsp3) is 0.278. The third-order valence-electron chi connectivity index (χ3n) is 3.19. The Labute approximate surface area is 144 Å². The van der Waals surface area contributed by atoms with Gasteiger partial charge in [-0.05, 0) is 56.3 Å². The first-order chi connectivity index (χ1) is 11.1. The molecule has 0 fully saturated rings. The molecule has 2 rings (SSSR count). The van der Waals surface area contributed by atoms with Crippen molar-refractivity contribution in [1.82, 2.24) is 0 Å². The molecule has 0 heterocycles. The van der Waals surface area contributed by atoms with Crippen molar-refractivity contribution < 1.29 is 14.3 Å². The predicted octanol–water partition coefficient (Wildman–Crippen LogP) is 4.64. The van der Waals surface area contributed by atoms with Crippen LogP contribution in [0.25, 0.3) is 0 Å². The minimum absolute atomic E-state index is 0.159. The van der Waals surface area contributed by atoms with Crippen molar-refractivity contribution in [3.8, 4) is 5.75 Å². The Morgan fingerprint density at radius 1 is 1.09 bits per heavy atom. The van der Waals surface area contributed by atoms with Crippen LogP contribution in [0.1, 0.15) is 29.8 Å². The van der Waals surface area contributed by atoms with E-state index in [1.165, 1.54) is 0 Å². The van der Waals surface area contributed by atoms with Crippen LogP contribution in [0.3, 0.4) is 0 Å². The molecular weight excluding hydrogens is 358 g/mol. The number of benzene rings is 2. The normalized spacial score (nSPS) is 10.4. The monoisotopic (exact) mass is 377 g/mol. The quantitative estimate of drug-likeness (QED) is 0.764. The highest BCUT2D eigenvalue weighted by molar-refractivity contribution is 9.10. The Morgan fingerprint density at radius 2 is 1.83 bits per heavy atom. The van der Waals surface area contributed by atoms with E-state index >= 15 is 0 Å². The first-order valence-electron chi connectivity index (χ1n) is 7.54. The third-order valence-corrected chi connectivity index (χ3v) is 3.71. The average Bonchev–Trinajstić information content (AvgIpc) is 2.56. The largest absolute Gasteiger partial charge is 0.494 e. The molecule has 1 N–H and O–H groups in total. The Kier molecular flexibility index (Phi) is 6.62.